The van der Waals surface area contributed by atoms with E-state index in [1.807, 2.05) is 24.3 Å². The highest BCUT2D eigenvalue weighted by atomic mass is 16.6. The summed E-state index contributed by atoms with van der Waals surface area (Å²) in [6.45, 7) is 0.638. The van der Waals surface area contributed by atoms with Gasteiger partial charge in [0.1, 0.15) is 0 Å². The van der Waals surface area contributed by atoms with Crippen LogP contribution >= 0.6 is 0 Å². The van der Waals surface area contributed by atoms with Crippen LogP contribution < -0.4 is 11.2 Å². The second kappa shape index (κ2) is 4.78. The lowest BCUT2D eigenvalue weighted by molar-refractivity contribution is 0.0867. The van der Waals surface area contributed by atoms with E-state index in [1.54, 1.807) is 24.1 Å². The molecule has 0 saturated heterocycles. The molecule has 2 aromatic rings. The molecule has 2 rings (SSSR count). The molecule has 0 saturated carbocycles. The van der Waals surface area contributed by atoms with E-state index >= 15 is 0 Å². The predicted molar refractivity (Wildman–Crippen MR) is 60.2 cm³/mol. The number of hydroxylamine groups is 1. The number of nitrogens with one attached hydrogen (secondary N) is 2. The zero-order valence-electron chi connectivity index (χ0n) is 8.93. The van der Waals surface area contributed by atoms with Crippen LogP contribution in [0.3, 0.4) is 0 Å². The molecule has 0 spiro atoms. The summed E-state index contributed by atoms with van der Waals surface area (Å²) < 4.78 is 1.55. The van der Waals surface area contributed by atoms with Crippen molar-refractivity contribution in [3.05, 3.63) is 52.7 Å². The summed E-state index contributed by atoms with van der Waals surface area (Å²) in [5, 5.41) is 0. The van der Waals surface area contributed by atoms with Gasteiger partial charge in [-0.05, 0) is 17.7 Å². The van der Waals surface area contributed by atoms with Crippen molar-refractivity contribution in [3.8, 4) is 5.69 Å². The fraction of sp³-hybridized carbons (Fsp3) is 0.182. The molecule has 1 heterocycles. The van der Waals surface area contributed by atoms with E-state index in [-0.39, 0.29) is 5.69 Å². The van der Waals surface area contributed by atoms with Gasteiger partial charge >= 0.3 is 5.69 Å². The number of aromatic nitrogens is 2. The molecule has 0 amide bonds. The maximum atomic E-state index is 11.4. The molecule has 0 aliphatic carbocycles. The van der Waals surface area contributed by atoms with Crippen molar-refractivity contribution in [3.63, 3.8) is 0 Å². The second-order valence-electron chi connectivity index (χ2n) is 3.33. The Morgan fingerprint density at radius 1 is 1.38 bits per heavy atom. The van der Waals surface area contributed by atoms with Gasteiger partial charge in [0.15, 0.2) is 0 Å². The highest BCUT2D eigenvalue weighted by Gasteiger charge is 1.99. The molecule has 0 atom stereocenters. The van der Waals surface area contributed by atoms with Gasteiger partial charge in [-0.25, -0.2) is 4.79 Å². The third-order valence-corrected chi connectivity index (χ3v) is 2.28. The van der Waals surface area contributed by atoms with Crippen molar-refractivity contribution in [1.82, 2.24) is 15.0 Å². The van der Waals surface area contributed by atoms with Crippen molar-refractivity contribution in [2.75, 3.05) is 7.11 Å². The first kappa shape index (κ1) is 10.7. The fourth-order valence-electron chi connectivity index (χ4n) is 1.45. The lowest BCUT2D eigenvalue weighted by Crippen LogP contribution is -2.14. The summed E-state index contributed by atoms with van der Waals surface area (Å²) in [6, 6.07) is 7.67. The van der Waals surface area contributed by atoms with E-state index in [4.69, 9.17) is 4.84 Å². The minimum absolute atomic E-state index is 0.136. The number of hydrogen-bond donors (Lipinski definition) is 2. The first-order valence-corrected chi connectivity index (χ1v) is 4.92. The first-order chi connectivity index (χ1) is 7.81. The molecular formula is C11H13N3O2. The standard InChI is InChI=1S/C11H13N3O2/c1-16-13-8-9-2-4-10(5-3-9)14-7-6-12-11(14)15/h2-7,13H,8H2,1H3,(H,12,15). The van der Waals surface area contributed by atoms with Crippen LogP contribution in [0.5, 0.6) is 0 Å². The molecule has 0 unspecified atom stereocenters. The average Bonchev–Trinajstić information content (AvgIpc) is 2.74. The van der Waals surface area contributed by atoms with Gasteiger partial charge in [-0.15, -0.1) is 0 Å². The molecular weight excluding hydrogens is 206 g/mol. The van der Waals surface area contributed by atoms with Crippen LogP contribution in [0.25, 0.3) is 5.69 Å². The highest BCUT2D eigenvalue weighted by molar-refractivity contribution is 5.34. The van der Waals surface area contributed by atoms with Crippen LogP contribution in [0, 0.1) is 0 Å². The quantitative estimate of drug-likeness (QED) is 0.748. The topological polar surface area (TPSA) is 59.0 Å². The Kier molecular flexibility index (Phi) is 3.19. The molecule has 0 radical (unpaired) electrons. The Morgan fingerprint density at radius 2 is 2.12 bits per heavy atom. The number of rotatable bonds is 4. The van der Waals surface area contributed by atoms with E-state index in [9.17, 15) is 4.79 Å². The van der Waals surface area contributed by atoms with Crippen LogP contribution in [0.2, 0.25) is 0 Å². The van der Waals surface area contributed by atoms with Gasteiger partial charge in [-0.1, -0.05) is 12.1 Å². The number of H-pyrrole nitrogens is 1. The van der Waals surface area contributed by atoms with Crippen molar-refractivity contribution in [1.29, 1.82) is 0 Å². The Hall–Kier alpha value is -1.85. The molecule has 16 heavy (non-hydrogen) atoms. The first-order valence-electron chi connectivity index (χ1n) is 4.92. The molecule has 5 nitrogen and oxygen atoms in total. The second-order valence-corrected chi connectivity index (χ2v) is 3.33. The molecule has 2 N–H and O–H groups in total. The third kappa shape index (κ3) is 2.21. The van der Waals surface area contributed by atoms with Crippen molar-refractivity contribution in [2.24, 2.45) is 0 Å². The summed E-state index contributed by atoms with van der Waals surface area (Å²) in [4.78, 5) is 18.7. The lowest BCUT2D eigenvalue weighted by Gasteiger charge is -2.04. The van der Waals surface area contributed by atoms with E-state index in [2.05, 4.69) is 10.5 Å². The monoisotopic (exact) mass is 219 g/mol. The molecule has 0 aliphatic heterocycles. The van der Waals surface area contributed by atoms with Crippen molar-refractivity contribution < 1.29 is 4.84 Å². The summed E-state index contributed by atoms with van der Waals surface area (Å²) in [5.41, 5.74) is 4.55. The van der Waals surface area contributed by atoms with Crippen LogP contribution in [0.4, 0.5) is 0 Å². The Morgan fingerprint density at radius 3 is 2.69 bits per heavy atom. The molecule has 0 aliphatic rings. The minimum atomic E-state index is -0.136. The van der Waals surface area contributed by atoms with Gasteiger partial charge in [0, 0.05) is 18.9 Å². The highest BCUT2D eigenvalue weighted by Crippen LogP contribution is 2.07. The predicted octanol–water partition coefficient (Wildman–Crippen LogP) is 0.817. The maximum Gasteiger partial charge on any atom is 0.330 e. The van der Waals surface area contributed by atoms with E-state index in [0.717, 1.165) is 11.3 Å². The molecule has 0 fully saturated rings. The number of imidazole rings is 1. The van der Waals surface area contributed by atoms with Gasteiger partial charge in [0.2, 0.25) is 0 Å². The summed E-state index contributed by atoms with van der Waals surface area (Å²) >= 11 is 0. The zero-order chi connectivity index (χ0) is 11.4. The number of aromatic amines is 1. The number of nitrogens with zero attached hydrogens (tertiary/aromatic N) is 1. The normalized spacial score (nSPS) is 10.6. The molecule has 84 valence electrons. The van der Waals surface area contributed by atoms with Gasteiger partial charge in [-0.3, -0.25) is 4.57 Å². The number of hydrogen-bond acceptors (Lipinski definition) is 3. The zero-order valence-corrected chi connectivity index (χ0v) is 8.93. The SMILES string of the molecule is CONCc1ccc(-n2cc[nH]c2=O)cc1. The van der Waals surface area contributed by atoms with Crippen LogP contribution in [0.1, 0.15) is 5.56 Å². The summed E-state index contributed by atoms with van der Waals surface area (Å²) in [6.07, 6.45) is 3.31. The Balaban J connectivity index is 2.20. The molecule has 1 aromatic carbocycles. The summed E-state index contributed by atoms with van der Waals surface area (Å²) in [5.74, 6) is 0. The smallest absolute Gasteiger partial charge is 0.312 e. The van der Waals surface area contributed by atoms with Gasteiger partial charge in [0.25, 0.3) is 0 Å². The fourth-order valence-corrected chi connectivity index (χ4v) is 1.45. The van der Waals surface area contributed by atoms with Gasteiger partial charge < -0.3 is 9.82 Å². The lowest BCUT2D eigenvalue weighted by atomic mass is 10.2. The maximum absolute atomic E-state index is 11.4. The molecule has 0 bridgehead atoms. The van der Waals surface area contributed by atoms with E-state index in [1.165, 1.54) is 0 Å². The average molecular weight is 219 g/mol. The van der Waals surface area contributed by atoms with Crippen LogP contribution in [0.15, 0.2) is 41.5 Å². The van der Waals surface area contributed by atoms with E-state index in [0.29, 0.717) is 6.54 Å². The van der Waals surface area contributed by atoms with Crippen molar-refractivity contribution >= 4 is 0 Å². The van der Waals surface area contributed by atoms with Gasteiger partial charge in [0.05, 0.1) is 12.8 Å². The Bertz CT molecular complexity index is 498. The van der Waals surface area contributed by atoms with E-state index < -0.39 is 0 Å². The third-order valence-electron chi connectivity index (χ3n) is 2.28. The van der Waals surface area contributed by atoms with Crippen LogP contribution in [-0.2, 0) is 11.4 Å². The van der Waals surface area contributed by atoms with Crippen molar-refractivity contribution in [2.45, 2.75) is 6.54 Å². The van der Waals surface area contributed by atoms with Gasteiger partial charge in [-0.2, -0.15) is 5.48 Å². The Labute approximate surface area is 92.6 Å². The molecule has 1 aromatic heterocycles. The largest absolute Gasteiger partial charge is 0.330 e. The minimum Gasteiger partial charge on any atom is -0.312 e. The molecule has 5 heteroatoms. The summed E-state index contributed by atoms with van der Waals surface area (Å²) in [7, 11) is 1.58. The number of benzene rings is 1. The van der Waals surface area contributed by atoms with Crippen LogP contribution in [-0.4, -0.2) is 16.7 Å².